The molecule has 0 radical (unpaired) electrons. The molecule has 0 spiro atoms. The molecule has 13 aromatic rings. The van der Waals surface area contributed by atoms with Crippen molar-refractivity contribution in [3.63, 3.8) is 0 Å². The Bertz CT molecular complexity index is 3940. The topological polar surface area (TPSA) is 21.3 Å². The molecule has 0 aliphatic carbocycles. The van der Waals surface area contributed by atoms with Crippen LogP contribution < -0.4 is 4.90 Å². The van der Waals surface area contributed by atoms with Gasteiger partial charge in [-0.05, 0) is 117 Å². The number of benzene rings is 11. The molecule has 2 aromatic heterocycles. The summed E-state index contributed by atoms with van der Waals surface area (Å²) in [5, 5.41) is 4.74. The average Bonchev–Trinajstić information content (AvgIpc) is 3.98. The second-order valence-electron chi connectivity index (χ2n) is 17.6. The van der Waals surface area contributed by atoms with Crippen molar-refractivity contribution in [3.8, 4) is 61.3 Å². The van der Waals surface area contributed by atoms with Gasteiger partial charge in [0.15, 0.2) is 0 Å². The average molecular weight is 881 g/mol. The second kappa shape index (κ2) is 16.9. The zero-order chi connectivity index (χ0) is 45.7. The monoisotopic (exact) mass is 880 g/mol. The Morgan fingerprint density at radius 3 is 1.45 bits per heavy atom. The molecule has 0 atom stereocenters. The Hall–Kier alpha value is -9.18. The van der Waals surface area contributed by atoms with Crippen LogP contribution in [0.5, 0.6) is 0 Å². The summed E-state index contributed by atoms with van der Waals surface area (Å²) in [6.07, 6.45) is 0. The van der Waals surface area contributed by atoms with Gasteiger partial charge in [0.05, 0.1) is 11.0 Å². The highest BCUT2D eigenvalue weighted by Crippen LogP contribution is 2.46. The summed E-state index contributed by atoms with van der Waals surface area (Å²) in [6.45, 7) is 0. The van der Waals surface area contributed by atoms with E-state index >= 15 is 0 Å². The van der Waals surface area contributed by atoms with Crippen molar-refractivity contribution in [2.24, 2.45) is 0 Å². The third-order valence-electron chi connectivity index (χ3n) is 13.6. The molecule has 0 fully saturated rings. The first-order valence-electron chi connectivity index (χ1n) is 23.6. The lowest BCUT2D eigenvalue weighted by Gasteiger charge is -2.27. The minimum absolute atomic E-state index is 0.896. The summed E-state index contributed by atoms with van der Waals surface area (Å²) in [4.78, 5) is 2.38. The van der Waals surface area contributed by atoms with E-state index in [4.69, 9.17) is 4.42 Å². The lowest BCUT2D eigenvalue weighted by molar-refractivity contribution is 0.670. The zero-order valence-electron chi connectivity index (χ0n) is 37.7. The van der Waals surface area contributed by atoms with Crippen LogP contribution in [-0.4, -0.2) is 4.57 Å². The Balaban J connectivity index is 0.976. The fourth-order valence-electron chi connectivity index (χ4n) is 10.5. The van der Waals surface area contributed by atoms with E-state index in [-0.39, 0.29) is 0 Å². The summed E-state index contributed by atoms with van der Waals surface area (Å²) in [5.74, 6) is 0. The van der Waals surface area contributed by atoms with Gasteiger partial charge in [-0.3, -0.25) is 0 Å². The molecular formula is C66H44N2O. The number of para-hydroxylation sites is 4. The van der Waals surface area contributed by atoms with E-state index in [9.17, 15) is 0 Å². The molecule has 324 valence electrons. The summed E-state index contributed by atoms with van der Waals surface area (Å²) in [6, 6.07) is 96.1. The van der Waals surface area contributed by atoms with Gasteiger partial charge in [0.25, 0.3) is 0 Å². The van der Waals surface area contributed by atoms with Gasteiger partial charge in [-0.2, -0.15) is 0 Å². The van der Waals surface area contributed by atoms with E-state index in [2.05, 4.69) is 264 Å². The lowest BCUT2D eigenvalue weighted by atomic mass is 9.84. The first kappa shape index (κ1) is 40.1. The van der Waals surface area contributed by atoms with E-state index in [1.54, 1.807) is 0 Å². The van der Waals surface area contributed by atoms with Gasteiger partial charge in [0.1, 0.15) is 11.2 Å². The van der Waals surface area contributed by atoms with Crippen LogP contribution in [0, 0.1) is 0 Å². The van der Waals surface area contributed by atoms with Gasteiger partial charge < -0.3 is 13.9 Å². The third-order valence-corrected chi connectivity index (χ3v) is 13.6. The number of furan rings is 1. The van der Waals surface area contributed by atoms with Crippen molar-refractivity contribution in [1.82, 2.24) is 4.57 Å². The fraction of sp³-hybridized carbons (Fsp3) is 0. The van der Waals surface area contributed by atoms with Crippen molar-refractivity contribution in [3.05, 3.63) is 267 Å². The van der Waals surface area contributed by atoms with Crippen LogP contribution in [0.1, 0.15) is 0 Å². The molecule has 0 amide bonds. The molecule has 3 heteroatoms. The summed E-state index contributed by atoms with van der Waals surface area (Å²) in [5.41, 5.74) is 20.0. The molecule has 3 nitrogen and oxygen atoms in total. The molecule has 69 heavy (non-hydrogen) atoms. The molecule has 11 aromatic carbocycles. The van der Waals surface area contributed by atoms with Crippen LogP contribution in [-0.2, 0) is 0 Å². The Labute approximate surface area is 401 Å². The van der Waals surface area contributed by atoms with E-state index in [0.29, 0.717) is 0 Å². The Morgan fingerprint density at radius 2 is 0.754 bits per heavy atom. The van der Waals surface area contributed by atoms with E-state index in [1.807, 2.05) is 12.1 Å². The SMILES string of the molecule is c1ccc(-c2ccccc2-c2c(-c3ccccc3)cccc2-c2cccc(N(c3ccc(-c4cccc5c4oc4ccccc45)cc3)c3ccc(-n4c5ccccc5c5ccccc54)cc3)c2)cc1. The lowest BCUT2D eigenvalue weighted by Crippen LogP contribution is -2.10. The van der Waals surface area contributed by atoms with Crippen LogP contribution in [0.25, 0.3) is 105 Å². The summed E-state index contributed by atoms with van der Waals surface area (Å²) in [7, 11) is 0. The maximum Gasteiger partial charge on any atom is 0.143 e. The maximum absolute atomic E-state index is 6.50. The number of rotatable bonds is 9. The van der Waals surface area contributed by atoms with Crippen LogP contribution in [0.3, 0.4) is 0 Å². The predicted octanol–water partition coefficient (Wildman–Crippen LogP) is 18.5. The molecule has 2 heterocycles. The van der Waals surface area contributed by atoms with Gasteiger partial charge in [0.2, 0.25) is 0 Å². The van der Waals surface area contributed by atoms with Gasteiger partial charge in [-0.1, -0.05) is 200 Å². The quantitative estimate of drug-likeness (QED) is 0.144. The molecule has 0 aliphatic rings. The van der Waals surface area contributed by atoms with Gasteiger partial charge >= 0.3 is 0 Å². The molecule has 0 aliphatic heterocycles. The van der Waals surface area contributed by atoms with Gasteiger partial charge in [-0.15, -0.1) is 0 Å². The number of hydrogen-bond acceptors (Lipinski definition) is 2. The van der Waals surface area contributed by atoms with Crippen LogP contribution in [0.4, 0.5) is 17.1 Å². The number of fused-ring (bicyclic) bond motifs is 6. The molecule has 0 saturated carbocycles. The number of hydrogen-bond donors (Lipinski definition) is 0. The van der Waals surface area contributed by atoms with Crippen molar-refractivity contribution >= 4 is 60.8 Å². The largest absolute Gasteiger partial charge is 0.455 e. The molecule has 0 saturated heterocycles. The van der Waals surface area contributed by atoms with Crippen molar-refractivity contribution in [2.45, 2.75) is 0 Å². The van der Waals surface area contributed by atoms with Gasteiger partial charge in [-0.25, -0.2) is 0 Å². The van der Waals surface area contributed by atoms with Crippen molar-refractivity contribution in [2.75, 3.05) is 4.90 Å². The van der Waals surface area contributed by atoms with Crippen LogP contribution >= 0.6 is 0 Å². The Morgan fingerprint density at radius 1 is 0.290 bits per heavy atom. The first-order valence-corrected chi connectivity index (χ1v) is 23.6. The molecule has 0 unspecified atom stereocenters. The van der Waals surface area contributed by atoms with Crippen molar-refractivity contribution in [1.29, 1.82) is 0 Å². The minimum atomic E-state index is 0.896. The van der Waals surface area contributed by atoms with E-state index < -0.39 is 0 Å². The number of anilines is 3. The standard InChI is InChI=1S/C66H44N2O/c1-3-18-45(19-4-1)53-24-7-8-28-60(53)65-54(46-20-5-2-6-21-46)29-16-30-55(65)48-22-15-23-52(44-48)67(49-38-36-47(37-39-49)56-31-17-32-61-59-27-11-14-35-64(59)69-66(56)61)50-40-42-51(43-41-50)68-62-33-12-9-25-57(62)58-26-10-13-34-63(58)68/h1-44H. The normalized spacial score (nSPS) is 11.5. The van der Waals surface area contributed by atoms with E-state index in [1.165, 1.54) is 55.2 Å². The highest BCUT2D eigenvalue weighted by Gasteiger charge is 2.21. The van der Waals surface area contributed by atoms with Crippen LogP contribution in [0.15, 0.2) is 271 Å². The Kier molecular flexibility index (Phi) is 9.84. The number of aromatic nitrogens is 1. The van der Waals surface area contributed by atoms with Gasteiger partial charge in [0, 0.05) is 49.9 Å². The first-order chi connectivity index (χ1) is 34.2. The highest BCUT2D eigenvalue weighted by molar-refractivity contribution is 6.10. The predicted molar refractivity (Wildman–Crippen MR) is 290 cm³/mol. The zero-order valence-corrected chi connectivity index (χ0v) is 37.7. The molecule has 13 rings (SSSR count). The fourth-order valence-corrected chi connectivity index (χ4v) is 10.5. The van der Waals surface area contributed by atoms with Crippen LogP contribution in [0.2, 0.25) is 0 Å². The molecular weight excluding hydrogens is 837 g/mol. The third kappa shape index (κ3) is 6.99. The molecule has 0 bridgehead atoms. The van der Waals surface area contributed by atoms with E-state index in [0.717, 1.165) is 66.9 Å². The summed E-state index contributed by atoms with van der Waals surface area (Å²) < 4.78 is 8.88. The highest BCUT2D eigenvalue weighted by atomic mass is 16.3. The minimum Gasteiger partial charge on any atom is -0.455 e. The second-order valence-corrected chi connectivity index (χ2v) is 17.6. The maximum atomic E-state index is 6.50. The van der Waals surface area contributed by atoms with Crippen molar-refractivity contribution < 1.29 is 4.42 Å². The smallest absolute Gasteiger partial charge is 0.143 e. The summed E-state index contributed by atoms with van der Waals surface area (Å²) >= 11 is 0. The number of nitrogens with zero attached hydrogens (tertiary/aromatic N) is 2. The molecule has 0 N–H and O–H groups in total.